The summed E-state index contributed by atoms with van der Waals surface area (Å²) in [7, 11) is 0. The topological polar surface area (TPSA) is 107 Å². The number of carbonyl (C=O) groups is 2. The first-order chi connectivity index (χ1) is 18.3. The summed E-state index contributed by atoms with van der Waals surface area (Å²) in [5, 5.41) is 13.2. The molecule has 1 aromatic heterocycles. The van der Waals surface area contributed by atoms with E-state index < -0.39 is 24.3 Å². The first-order valence-electron chi connectivity index (χ1n) is 12.5. The molecule has 0 bridgehead atoms. The third kappa shape index (κ3) is 7.20. The molecule has 8 nitrogen and oxygen atoms in total. The van der Waals surface area contributed by atoms with Crippen LogP contribution in [-0.2, 0) is 30.4 Å². The predicted molar refractivity (Wildman–Crippen MR) is 144 cm³/mol. The van der Waals surface area contributed by atoms with Gasteiger partial charge < -0.3 is 24.6 Å². The van der Waals surface area contributed by atoms with Crippen molar-refractivity contribution in [2.75, 3.05) is 11.1 Å². The number of amides is 1. The van der Waals surface area contributed by atoms with Crippen LogP contribution < -0.4 is 5.32 Å². The van der Waals surface area contributed by atoms with Crippen LogP contribution in [0.15, 0.2) is 78.0 Å². The van der Waals surface area contributed by atoms with Crippen molar-refractivity contribution >= 4 is 29.3 Å². The Hall–Kier alpha value is -3.24. The number of aliphatic hydroxyl groups is 1. The smallest absolute Gasteiger partial charge is 0.303 e. The van der Waals surface area contributed by atoms with E-state index >= 15 is 0 Å². The van der Waals surface area contributed by atoms with Crippen LogP contribution in [0, 0.1) is 5.92 Å². The van der Waals surface area contributed by atoms with E-state index in [-0.39, 0.29) is 24.7 Å². The summed E-state index contributed by atoms with van der Waals surface area (Å²) in [6.45, 7) is 4.87. The van der Waals surface area contributed by atoms with Crippen LogP contribution in [0.2, 0.25) is 0 Å². The molecule has 0 spiro atoms. The van der Waals surface area contributed by atoms with Crippen LogP contribution in [0.3, 0.4) is 0 Å². The number of hydrogen-bond acceptors (Lipinski definition) is 8. The minimum atomic E-state index is -0.918. The molecule has 5 atom stereocenters. The first kappa shape index (κ1) is 27.8. The maximum atomic E-state index is 12.5. The van der Waals surface area contributed by atoms with Crippen LogP contribution in [0.1, 0.15) is 49.9 Å². The quantitative estimate of drug-likeness (QED) is 0.289. The highest BCUT2D eigenvalue weighted by molar-refractivity contribution is 7.99. The Balaban J connectivity index is 1.56. The van der Waals surface area contributed by atoms with E-state index in [1.165, 1.54) is 13.8 Å². The van der Waals surface area contributed by atoms with Gasteiger partial charge in [0.1, 0.15) is 0 Å². The van der Waals surface area contributed by atoms with Crippen LogP contribution in [0.25, 0.3) is 0 Å². The number of nitrogens with zero attached hydrogens (tertiary/aromatic N) is 1. The predicted octanol–water partition coefficient (Wildman–Crippen LogP) is 5.05. The van der Waals surface area contributed by atoms with Crippen molar-refractivity contribution in [3.05, 3.63) is 89.6 Å². The van der Waals surface area contributed by atoms with Gasteiger partial charge in [0.2, 0.25) is 0 Å². The molecule has 0 saturated carbocycles. The highest BCUT2D eigenvalue weighted by Crippen LogP contribution is 2.43. The molecule has 1 fully saturated rings. The molecule has 1 aliphatic heterocycles. The first-order valence-corrected chi connectivity index (χ1v) is 13.4. The molecule has 0 aliphatic carbocycles. The average Bonchev–Trinajstić information content (AvgIpc) is 2.93. The van der Waals surface area contributed by atoms with E-state index in [0.29, 0.717) is 11.4 Å². The van der Waals surface area contributed by atoms with Gasteiger partial charge in [-0.15, -0.1) is 11.8 Å². The molecule has 38 heavy (non-hydrogen) atoms. The van der Waals surface area contributed by atoms with Gasteiger partial charge >= 0.3 is 5.97 Å². The summed E-state index contributed by atoms with van der Waals surface area (Å²) < 4.78 is 17.9. The van der Waals surface area contributed by atoms with Gasteiger partial charge in [-0.2, -0.15) is 0 Å². The molecule has 2 heterocycles. The van der Waals surface area contributed by atoms with Gasteiger partial charge in [0, 0.05) is 36.0 Å². The second kappa shape index (κ2) is 13.0. The second-order valence-electron chi connectivity index (χ2n) is 9.17. The highest BCUT2D eigenvalue weighted by atomic mass is 32.2. The minimum Gasteiger partial charge on any atom is -0.453 e. The van der Waals surface area contributed by atoms with Crippen molar-refractivity contribution in [2.45, 2.75) is 57.0 Å². The lowest BCUT2D eigenvalue weighted by atomic mass is 9.91. The molecule has 9 heteroatoms. The van der Waals surface area contributed by atoms with Gasteiger partial charge in [-0.1, -0.05) is 49.4 Å². The number of aliphatic hydroxyl groups excluding tert-OH is 1. The van der Waals surface area contributed by atoms with Crippen LogP contribution in [0.5, 0.6) is 0 Å². The van der Waals surface area contributed by atoms with E-state index in [9.17, 15) is 14.7 Å². The van der Waals surface area contributed by atoms with E-state index in [1.54, 1.807) is 30.1 Å². The third-order valence-corrected chi connectivity index (χ3v) is 7.33. The summed E-state index contributed by atoms with van der Waals surface area (Å²) in [6.07, 6.45) is -0.222. The number of thioether (sulfide) groups is 1. The molecule has 1 amide bonds. The lowest BCUT2D eigenvalue weighted by Gasteiger charge is -2.41. The standard InChI is InChI=1S/C29H32N2O6S/c1-18-25(17-38-26-9-4-5-14-30-26)36-29(37-27(18)22-12-10-21(16-32)11-13-22)23-7-6-8-24(15-23)31-28(34)19(2)35-20(3)33/h4-15,18-19,25,27,29,32H,16-17H2,1-3H3,(H,31,34). The summed E-state index contributed by atoms with van der Waals surface area (Å²) >= 11 is 1.63. The second-order valence-corrected chi connectivity index (χ2v) is 10.2. The van der Waals surface area contributed by atoms with Crippen LogP contribution >= 0.6 is 11.8 Å². The SMILES string of the molecule is CC(=O)OC(C)C(=O)Nc1cccc(C2OC(CSc3ccccn3)C(C)C(c3ccc(CO)cc3)O2)c1. The van der Waals surface area contributed by atoms with Gasteiger partial charge in [-0.3, -0.25) is 9.59 Å². The van der Waals surface area contributed by atoms with Gasteiger partial charge in [0.25, 0.3) is 5.91 Å². The molecule has 1 saturated heterocycles. The van der Waals surface area contributed by atoms with Crippen molar-refractivity contribution in [1.29, 1.82) is 0 Å². The Kier molecular flexibility index (Phi) is 9.52. The number of aromatic nitrogens is 1. The van der Waals surface area contributed by atoms with Crippen molar-refractivity contribution < 1.29 is 28.9 Å². The van der Waals surface area contributed by atoms with Gasteiger partial charge in [-0.05, 0) is 42.3 Å². The zero-order chi connectivity index (χ0) is 27.1. The van der Waals surface area contributed by atoms with Crippen LogP contribution in [0.4, 0.5) is 5.69 Å². The van der Waals surface area contributed by atoms with Gasteiger partial charge in [0.05, 0.1) is 23.8 Å². The fourth-order valence-electron chi connectivity index (χ4n) is 4.22. The lowest BCUT2D eigenvalue weighted by molar-refractivity contribution is -0.268. The Morgan fingerprint density at radius 1 is 1.08 bits per heavy atom. The zero-order valence-electron chi connectivity index (χ0n) is 21.6. The maximum absolute atomic E-state index is 12.5. The molecule has 200 valence electrons. The number of hydrogen-bond donors (Lipinski definition) is 2. The van der Waals surface area contributed by atoms with E-state index in [0.717, 1.165) is 21.7 Å². The minimum absolute atomic E-state index is 0.0228. The number of benzene rings is 2. The van der Waals surface area contributed by atoms with Crippen molar-refractivity contribution in [2.24, 2.45) is 5.92 Å². The average molecular weight is 537 g/mol. The fraction of sp³-hybridized carbons (Fsp3) is 0.345. The van der Waals surface area contributed by atoms with Gasteiger partial charge in [0.15, 0.2) is 12.4 Å². The van der Waals surface area contributed by atoms with Crippen molar-refractivity contribution in [1.82, 2.24) is 4.98 Å². The molecule has 4 rings (SSSR count). The number of rotatable bonds is 9. The van der Waals surface area contributed by atoms with E-state index in [1.807, 2.05) is 54.6 Å². The number of ether oxygens (including phenoxy) is 3. The molecule has 3 aromatic rings. The third-order valence-electron chi connectivity index (χ3n) is 6.29. The largest absolute Gasteiger partial charge is 0.453 e. The van der Waals surface area contributed by atoms with E-state index in [2.05, 4.69) is 17.2 Å². The van der Waals surface area contributed by atoms with Crippen LogP contribution in [-0.4, -0.2) is 39.9 Å². The summed E-state index contributed by atoms with van der Waals surface area (Å²) in [6, 6.07) is 20.8. The maximum Gasteiger partial charge on any atom is 0.303 e. The molecule has 0 radical (unpaired) electrons. The Labute approximate surface area is 226 Å². The number of anilines is 1. The molecule has 2 aromatic carbocycles. The number of carbonyl (C=O) groups excluding carboxylic acids is 2. The fourth-order valence-corrected chi connectivity index (χ4v) is 5.25. The van der Waals surface area contributed by atoms with Crippen molar-refractivity contribution in [3.63, 3.8) is 0 Å². The molecular formula is C29H32N2O6S. The number of pyridine rings is 1. The lowest BCUT2D eigenvalue weighted by Crippen LogP contribution is -2.38. The monoisotopic (exact) mass is 536 g/mol. The number of esters is 1. The molecular weight excluding hydrogens is 504 g/mol. The Morgan fingerprint density at radius 2 is 1.87 bits per heavy atom. The van der Waals surface area contributed by atoms with E-state index in [4.69, 9.17) is 14.2 Å². The number of nitrogens with one attached hydrogen (secondary N) is 1. The normalized spacial score (nSPS) is 21.9. The summed E-state index contributed by atoms with van der Waals surface area (Å²) in [5.74, 6) is -0.232. The summed E-state index contributed by atoms with van der Waals surface area (Å²) in [5.41, 5.74) is 3.12. The molecule has 1 aliphatic rings. The molecule has 2 N–H and O–H groups in total. The molecule has 5 unspecified atom stereocenters. The zero-order valence-corrected chi connectivity index (χ0v) is 22.4. The Morgan fingerprint density at radius 3 is 2.55 bits per heavy atom. The Bertz CT molecular complexity index is 1220. The van der Waals surface area contributed by atoms with Crippen molar-refractivity contribution in [3.8, 4) is 0 Å². The highest BCUT2D eigenvalue weighted by Gasteiger charge is 2.38. The van der Waals surface area contributed by atoms with Gasteiger partial charge in [-0.25, -0.2) is 4.98 Å². The summed E-state index contributed by atoms with van der Waals surface area (Å²) in [4.78, 5) is 28.1.